The normalized spacial score (nSPS) is 12.2. The summed E-state index contributed by atoms with van der Waals surface area (Å²) in [5.74, 6) is 1.24. The minimum Gasteiger partial charge on any atom is -0.454 e. The number of halogens is 1. The predicted molar refractivity (Wildman–Crippen MR) is 88.4 cm³/mol. The molecule has 0 bridgehead atoms. The van der Waals surface area contributed by atoms with Gasteiger partial charge in [-0.25, -0.2) is 4.39 Å². The van der Waals surface area contributed by atoms with Crippen molar-refractivity contribution in [1.29, 1.82) is 0 Å². The molecule has 1 amide bonds. The molecule has 0 saturated carbocycles. The number of aryl methyl sites for hydroxylation is 1. The molecule has 0 unspecified atom stereocenters. The van der Waals surface area contributed by atoms with Crippen molar-refractivity contribution in [3.63, 3.8) is 0 Å². The number of fused-ring (bicyclic) bond motifs is 1. The molecule has 5 heteroatoms. The average molecular weight is 329 g/mol. The molecule has 2 aromatic rings. The topological polar surface area (TPSA) is 38.8 Å². The van der Waals surface area contributed by atoms with Crippen LogP contribution in [0.25, 0.3) is 0 Å². The lowest BCUT2D eigenvalue weighted by molar-refractivity contribution is -0.131. The molecule has 0 spiro atoms. The van der Waals surface area contributed by atoms with E-state index in [1.807, 2.05) is 31.2 Å². The average Bonchev–Trinajstić information content (AvgIpc) is 3.05. The number of hydrogen-bond donors (Lipinski definition) is 0. The number of carbonyl (C=O) groups is 1. The van der Waals surface area contributed by atoms with E-state index in [9.17, 15) is 9.18 Å². The third-order valence-corrected chi connectivity index (χ3v) is 4.06. The van der Waals surface area contributed by atoms with Crippen LogP contribution in [0, 0.1) is 5.82 Å². The first-order valence-electron chi connectivity index (χ1n) is 8.06. The lowest BCUT2D eigenvalue weighted by Gasteiger charge is -2.21. The molecule has 0 aliphatic carbocycles. The highest BCUT2D eigenvalue weighted by atomic mass is 19.1. The van der Waals surface area contributed by atoms with Crippen molar-refractivity contribution in [3.05, 3.63) is 59.4 Å². The monoisotopic (exact) mass is 329 g/mol. The Labute approximate surface area is 140 Å². The van der Waals surface area contributed by atoms with Crippen molar-refractivity contribution in [2.75, 3.05) is 13.3 Å². The zero-order valence-corrected chi connectivity index (χ0v) is 13.6. The van der Waals surface area contributed by atoms with Crippen molar-refractivity contribution >= 4 is 5.91 Å². The minimum absolute atomic E-state index is 0.0550. The molecule has 126 valence electrons. The van der Waals surface area contributed by atoms with Crippen molar-refractivity contribution in [1.82, 2.24) is 4.90 Å². The Morgan fingerprint density at radius 3 is 2.75 bits per heavy atom. The van der Waals surface area contributed by atoms with Gasteiger partial charge in [-0.3, -0.25) is 4.79 Å². The zero-order valence-electron chi connectivity index (χ0n) is 13.6. The molecule has 0 saturated heterocycles. The lowest BCUT2D eigenvalue weighted by atomic mass is 10.1. The Morgan fingerprint density at radius 2 is 1.96 bits per heavy atom. The van der Waals surface area contributed by atoms with E-state index >= 15 is 0 Å². The second-order valence-corrected chi connectivity index (χ2v) is 5.73. The van der Waals surface area contributed by atoms with Crippen LogP contribution < -0.4 is 9.47 Å². The van der Waals surface area contributed by atoms with Gasteiger partial charge >= 0.3 is 0 Å². The van der Waals surface area contributed by atoms with Gasteiger partial charge in [-0.1, -0.05) is 18.2 Å². The van der Waals surface area contributed by atoms with Crippen molar-refractivity contribution in [2.45, 2.75) is 26.3 Å². The van der Waals surface area contributed by atoms with E-state index in [4.69, 9.17) is 9.47 Å². The van der Waals surface area contributed by atoms with E-state index in [0.717, 1.165) is 22.6 Å². The molecular formula is C19H20FNO3. The Morgan fingerprint density at radius 1 is 1.12 bits per heavy atom. The summed E-state index contributed by atoms with van der Waals surface area (Å²) in [6.45, 7) is 3.19. The van der Waals surface area contributed by atoms with Crippen LogP contribution in [-0.2, 0) is 17.8 Å². The van der Waals surface area contributed by atoms with Gasteiger partial charge in [-0.05, 0) is 48.7 Å². The minimum atomic E-state index is -0.281. The maximum absolute atomic E-state index is 13.3. The summed E-state index contributed by atoms with van der Waals surface area (Å²) < 4.78 is 23.9. The van der Waals surface area contributed by atoms with E-state index < -0.39 is 0 Å². The third kappa shape index (κ3) is 3.85. The number of hydrogen-bond acceptors (Lipinski definition) is 3. The van der Waals surface area contributed by atoms with E-state index in [-0.39, 0.29) is 18.5 Å². The molecule has 0 atom stereocenters. The molecular weight excluding hydrogens is 309 g/mol. The molecule has 1 aliphatic rings. The first-order chi connectivity index (χ1) is 11.7. The van der Waals surface area contributed by atoms with Crippen molar-refractivity contribution in [3.8, 4) is 11.5 Å². The van der Waals surface area contributed by atoms with Crippen molar-refractivity contribution in [2.24, 2.45) is 0 Å². The van der Waals surface area contributed by atoms with Gasteiger partial charge in [0, 0.05) is 19.5 Å². The summed E-state index contributed by atoms with van der Waals surface area (Å²) >= 11 is 0. The molecule has 24 heavy (non-hydrogen) atoms. The predicted octanol–water partition coefficient (Wildman–Crippen LogP) is 3.54. The summed E-state index contributed by atoms with van der Waals surface area (Å²) in [6, 6.07) is 12.1. The van der Waals surface area contributed by atoms with Gasteiger partial charge in [0.2, 0.25) is 12.7 Å². The number of carbonyl (C=O) groups excluding carboxylic acids is 1. The molecule has 0 aromatic heterocycles. The van der Waals surface area contributed by atoms with Gasteiger partial charge in [-0.2, -0.15) is 0 Å². The molecule has 3 rings (SSSR count). The quantitative estimate of drug-likeness (QED) is 0.814. The van der Waals surface area contributed by atoms with Gasteiger partial charge in [0.15, 0.2) is 11.5 Å². The van der Waals surface area contributed by atoms with Gasteiger partial charge < -0.3 is 14.4 Å². The number of benzene rings is 2. The second kappa shape index (κ2) is 7.34. The lowest BCUT2D eigenvalue weighted by Crippen LogP contribution is -2.30. The second-order valence-electron chi connectivity index (χ2n) is 5.73. The fourth-order valence-corrected chi connectivity index (χ4v) is 2.74. The van der Waals surface area contributed by atoms with Crippen LogP contribution in [0.1, 0.15) is 24.5 Å². The SMILES string of the molecule is CCN(Cc1cccc(F)c1)C(=O)CCc1ccc2c(c1)OCO2. The largest absolute Gasteiger partial charge is 0.454 e. The van der Waals surface area contributed by atoms with E-state index in [2.05, 4.69) is 0 Å². The maximum atomic E-state index is 13.3. The Kier molecular flexibility index (Phi) is 4.99. The fourth-order valence-electron chi connectivity index (χ4n) is 2.74. The highest BCUT2D eigenvalue weighted by molar-refractivity contribution is 5.76. The molecule has 0 N–H and O–H groups in total. The van der Waals surface area contributed by atoms with Gasteiger partial charge in [0.25, 0.3) is 0 Å². The maximum Gasteiger partial charge on any atom is 0.231 e. The van der Waals surface area contributed by atoms with Crippen molar-refractivity contribution < 1.29 is 18.7 Å². The van der Waals surface area contributed by atoms with Crippen LogP contribution in [-0.4, -0.2) is 24.1 Å². The van der Waals surface area contributed by atoms with E-state index in [1.54, 1.807) is 11.0 Å². The molecule has 0 fully saturated rings. The van der Waals surface area contributed by atoms with Crippen LogP contribution in [0.2, 0.25) is 0 Å². The summed E-state index contributed by atoms with van der Waals surface area (Å²) in [7, 11) is 0. The van der Waals surface area contributed by atoms with E-state index in [1.165, 1.54) is 12.1 Å². The van der Waals surface area contributed by atoms with Crippen LogP contribution >= 0.6 is 0 Å². The molecule has 0 radical (unpaired) electrons. The number of amides is 1. The fraction of sp³-hybridized carbons (Fsp3) is 0.316. The highest BCUT2D eigenvalue weighted by Crippen LogP contribution is 2.32. The zero-order chi connectivity index (χ0) is 16.9. The van der Waals surface area contributed by atoms with Gasteiger partial charge in [0.05, 0.1) is 0 Å². The van der Waals surface area contributed by atoms with Crippen LogP contribution in [0.5, 0.6) is 11.5 Å². The highest BCUT2D eigenvalue weighted by Gasteiger charge is 2.15. The van der Waals surface area contributed by atoms with Gasteiger partial charge in [-0.15, -0.1) is 0 Å². The van der Waals surface area contributed by atoms with Crippen LogP contribution in [0.4, 0.5) is 4.39 Å². The third-order valence-electron chi connectivity index (χ3n) is 4.06. The van der Waals surface area contributed by atoms with E-state index in [0.29, 0.717) is 25.9 Å². The molecule has 1 heterocycles. The molecule has 1 aliphatic heterocycles. The summed E-state index contributed by atoms with van der Waals surface area (Å²) in [5.41, 5.74) is 1.84. The number of ether oxygens (including phenoxy) is 2. The Hall–Kier alpha value is -2.56. The number of rotatable bonds is 6. The Bertz CT molecular complexity index is 732. The van der Waals surface area contributed by atoms with Crippen LogP contribution in [0.15, 0.2) is 42.5 Å². The summed E-state index contributed by atoms with van der Waals surface area (Å²) in [5, 5.41) is 0. The Balaban J connectivity index is 1.58. The van der Waals surface area contributed by atoms with Gasteiger partial charge in [0.1, 0.15) is 5.82 Å². The summed E-state index contributed by atoms with van der Waals surface area (Å²) in [4.78, 5) is 14.2. The number of nitrogens with zero attached hydrogens (tertiary/aromatic N) is 1. The van der Waals surface area contributed by atoms with Crippen LogP contribution in [0.3, 0.4) is 0 Å². The molecule has 2 aromatic carbocycles. The summed E-state index contributed by atoms with van der Waals surface area (Å²) in [6.07, 6.45) is 1.04. The standard InChI is InChI=1S/C19H20FNO3/c1-2-21(12-15-4-3-5-16(20)10-15)19(22)9-7-14-6-8-17-18(11-14)24-13-23-17/h3-6,8,10-11H,2,7,9,12-13H2,1H3. The molecule has 4 nitrogen and oxygen atoms in total. The smallest absolute Gasteiger partial charge is 0.231 e. The first-order valence-corrected chi connectivity index (χ1v) is 8.06. The first kappa shape index (κ1) is 16.3.